The van der Waals surface area contributed by atoms with Crippen molar-refractivity contribution in [3.05, 3.63) is 65.6 Å². The van der Waals surface area contributed by atoms with Crippen molar-refractivity contribution in [1.82, 2.24) is 10.5 Å². The predicted octanol–water partition coefficient (Wildman–Crippen LogP) is 3.60. The highest BCUT2D eigenvalue weighted by atomic mass is 19.1. The van der Waals surface area contributed by atoms with Crippen LogP contribution in [0.2, 0.25) is 0 Å². The van der Waals surface area contributed by atoms with E-state index in [4.69, 9.17) is 14.0 Å². The van der Waals surface area contributed by atoms with Crippen LogP contribution in [0.1, 0.15) is 24.1 Å². The number of aromatic nitrogens is 1. The summed E-state index contributed by atoms with van der Waals surface area (Å²) in [4.78, 5) is 12.8. The van der Waals surface area contributed by atoms with Crippen LogP contribution in [0.4, 0.5) is 4.39 Å². The SMILES string of the molecule is O=C(NCCc1ccc(F)cc1)C1(c2cc(-c3ccc4c(c3)OCO4)on2)CC1. The van der Waals surface area contributed by atoms with Gasteiger partial charge in [-0.3, -0.25) is 4.79 Å². The summed E-state index contributed by atoms with van der Waals surface area (Å²) in [6.45, 7) is 0.695. The fourth-order valence-electron chi connectivity index (χ4n) is 3.55. The molecule has 0 radical (unpaired) electrons. The zero-order valence-electron chi connectivity index (χ0n) is 15.6. The molecule has 1 aliphatic heterocycles. The molecule has 1 aliphatic carbocycles. The molecule has 1 fully saturated rings. The van der Waals surface area contributed by atoms with E-state index in [0.717, 1.165) is 24.0 Å². The largest absolute Gasteiger partial charge is 0.454 e. The average molecular weight is 394 g/mol. The first kappa shape index (κ1) is 17.7. The van der Waals surface area contributed by atoms with E-state index in [-0.39, 0.29) is 18.5 Å². The molecule has 7 heteroatoms. The molecule has 0 spiro atoms. The summed E-state index contributed by atoms with van der Waals surface area (Å²) in [6, 6.07) is 13.7. The summed E-state index contributed by atoms with van der Waals surface area (Å²) >= 11 is 0. The minimum Gasteiger partial charge on any atom is -0.454 e. The summed E-state index contributed by atoms with van der Waals surface area (Å²) in [5, 5.41) is 7.15. The van der Waals surface area contributed by atoms with Crippen LogP contribution < -0.4 is 14.8 Å². The quantitative estimate of drug-likeness (QED) is 0.692. The van der Waals surface area contributed by atoms with E-state index in [2.05, 4.69) is 10.5 Å². The Labute approximate surface area is 166 Å². The van der Waals surface area contributed by atoms with Crippen molar-refractivity contribution >= 4 is 5.91 Å². The summed E-state index contributed by atoms with van der Waals surface area (Å²) in [5.41, 5.74) is 1.81. The van der Waals surface area contributed by atoms with Crippen molar-refractivity contribution in [2.45, 2.75) is 24.7 Å². The number of carbonyl (C=O) groups is 1. The molecule has 2 aromatic carbocycles. The first-order valence-electron chi connectivity index (χ1n) is 9.54. The fraction of sp³-hybridized carbons (Fsp3) is 0.273. The lowest BCUT2D eigenvalue weighted by atomic mass is 10.00. The van der Waals surface area contributed by atoms with Crippen LogP contribution in [0, 0.1) is 5.82 Å². The normalized spacial score (nSPS) is 15.9. The number of halogens is 1. The molecule has 0 unspecified atom stereocenters. The third-order valence-corrected chi connectivity index (χ3v) is 5.45. The highest BCUT2D eigenvalue weighted by Gasteiger charge is 2.53. The van der Waals surface area contributed by atoms with Gasteiger partial charge < -0.3 is 19.3 Å². The molecule has 6 nitrogen and oxygen atoms in total. The predicted molar refractivity (Wildman–Crippen MR) is 102 cm³/mol. The van der Waals surface area contributed by atoms with Gasteiger partial charge in [0.25, 0.3) is 0 Å². The molecular weight excluding hydrogens is 375 g/mol. The maximum atomic E-state index is 13.0. The number of rotatable bonds is 6. The number of nitrogens with one attached hydrogen (secondary N) is 1. The summed E-state index contributed by atoms with van der Waals surface area (Å²) in [6.07, 6.45) is 2.12. The Balaban J connectivity index is 1.26. The van der Waals surface area contributed by atoms with Crippen LogP contribution in [0.15, 0.2) is 53.1 Å². The lowest BCUT2D eigenvalue weighted by Gasteiger charge is -2.12. The van der Waals surface area contributed by atoms with E-state index >= 15 is 0 Å². The average Bonchev–Trinajstić information content (AvgIpc) is 3.17. The second-order valence-corrected chi connectivity index (χ2v) is 7.36. The topological polar surface area (TPSA) is 73.6 Å². The summed E-state index contributed by atoms with van der Waals surface area (Å²) in [5.74, 6) is 1.64. The van der Waals surface area contributed by atoms with Gasteiger partial charge in [-0.05, 0) is 55.2 Å². The minimum absolute atomic E-state index is 0.0508. The highest BCUT2D eigenvalue weighted by molar-refractivity contribution is 5.91. The van der Waals surface area contributed by atoms with Gasteiger partial charge in [-0.1, -0.05) is 17.3 Å². The molecule has 0 bridgehead atoms. The molecule has 1 saturated carbocycles. The van der Waals surface area contributed by atoms with E-state index in [9.17, 15) is 9.18 Å². The third kappa shape index (κ3) is 3.33. The molecule has 148 valence electrons. The Morgan fingerprint density at radius 3 is 2.66 bits per heavy atom. The van der Waals surface area contributed by atoms with Crippen molar-refractivity contribution in [2.24, 2.45) is 0 Å². The number of hydrogen-bond donors (Lipinski definition) is 1. The number of benzene rings is 2. The number of amides is 1. The van der Waals surface area contributed by atoms with E-state index < -0.39 is 5.41 Å². The molecule has 29 heavy (non-hydrogen) atoms. The van der Waals surface area contributed by atoms with E-state index in [1.165, 1.54) is 12.1 Å². The van der Waals surface area contributed by atoms with Crippen LogP contribution in [0.3, 0.4) is 0 Å². The monoisotopic (exact) mass is 394 g/mol. The highest BCUT2D eigenvalue weighted by Crippen LogP contribution is 2.49. The Hall–Kier alpha value is -3.35. The lowest BCUT2D eigenvalue weighted by Crippen LogP contribution is -2.36. The molecule has 3 aromatic rings. The number of ether oxygens (including phenoxy) is 2. The van der Waals surface area contributed by atoms with E-state index in [1.807, 2.05) is 24.3 Å². The molecule has 2 aliphatic rings. The lowest BCUT2D eigenvalue weighted by molar-refractivity contribution is -0.123. The van der Waals surface area contributed by atoms with Gasteiger partial charge in [0.05, 0.1) is 11.1 Å². The van der Waals surface area contributed by atoms with E-state index in [0.29, 0.717) is 35.9 Å². The van der Waals surface area contributed by atoms with Crippen molar-refractivity contribution in [3.63, 3.8) is 0 Å². The molecule has 1 aromatic heterocycles. The smallest absolute Gasteiger partial charge is 0.232 e. The molecular formula is C22H19FN2O4. The molecule has 0 atom stereocenters. The van der Waals surface area contributed by atoms with Gasteiger partial charge in [0, 0.05) is 18.2 Å². The molecule has 1 amide bonds. The van der Waals surface area contributed by atoms with Gasteiger partial charge in [0.2, 0.25) is 12.7 Å². The van der Waals surface area contributed by atoms with Crippen LogP contribution in [0.5, 0.6) is 11.5 Å². The second kappa shape index (κ2) is 6.92. The fourth-order valence-corrected chi connectivity index (χ4v) is 3.55. The number of carbonyl (C=O) groups excluding carboxylic acids is 1. The van der Waals surface area contributed by atoms with Crippen molar-refractivity contribution in [2.75, 3.05) is 13.3 Å². The summed E-state index contributed by atoms with van der Waals surface area (Å²) in [7, 11) is 0. The van der Waals surface area contributed by atoms with Crippen LogP contribution in [0.25, 0.3) is 11.3 Å². The van der Waals surface area contributed by atoms with Gasteiger partial charge in [-0.25, -0.2) is 4.39 Å². The van der Waals surface area contributed by atoms with Crippen molar-refractivity contribution in [3.8, 4) is 22.8 Å². The van der Waals surface area contributed by atoms with Crippen molar-refractivity contribution in [1.29, 1.82) is 0 Å². The number of fused-ring (bicyclic) bond motifs is 1. The summed E-state index contributed by atoms with van der Waals surface area (Å²) < 4.78 is 29.2. The van der Waals surface area contributed by atoms with Crippen LogP contribution >= 0.6 is 0 Å². The Kier molecular flexibility index (Phi) is 4.23. The Morgan fingerprint density at radius 1 is 1.07 bits per heavy atom. The standard InChI is InChI=1S/C22H19FN2O4/c23-16-4-1-14(2-5-16)7-10-24-21(26)22(8-9-22)20-12-18(29-25-20)15-3-6-17-19(11-15)28-13-27-17/h1-6,11-12H,7-10,13H2,(H,24,26). The van der Waals surface area contributed by atoms with Gasteiger partial charge in [-0.15, -0.1) is 0 Å². The van der Waals surface area contributed by atoms with Crippen LogP contribution in [-0.2, 0) is 16.6 Å². The zero-order valence-corrected chi connectivity index (χ0v) is 15.6. The third-order valence-electron chi connectivity index (χ3n) is 5.45. The first-order chi connectivity index (χ1) is 14.1. The van der Waals surface area contributed by atoms with Gasteiger partial charge >= 0.3 is 0 Å². The molecule has 2 heterocycles. The minimum atomic E-state index is -0.624. The van der Waals surface area contributed by atoms with Crippen LogP contribution in [-0.4, -0.2) is 24.4 Å². The van der Waals surface area contributed by atoms with Crippen molar-refractivity contribution < 1.29 is 23.2 Å². The molecule has 1 N–H and O–H groups in total. The maximum Gasteiger partial charge on any atom is 0.232 e. The van der Waals surface area contributed by atoms with Gasteiger partial charge in [-0.2, -0.15) is 0 Å². The second-order valence-electron chi connectivity index (χ2n) is 7.36. The number of nitrogens with zero attached hydrogens (tertiary/aromatic N) is 1. The first-order valence-corrected chi connectivity index (χ1v) is 9.54. The number of hydrogen-bond acceptors (Lipinski definition) is 5. The van der Waals surface area contributed by atoms with Gasteiger partial charge in [0.1, 0.15) is 5.82 Å². The van der Waals surface area contributed by atoms with Gasteiger partial charge in [0.15, 0.2) is 17.3 Å². The Bertz CT molecular complexity index is 1060. The zero-order chi connectivity index (χ0) is 19.8. The maximum absolute atomic E-state index is 13.0. The Morgan fingerprint density at radius 2 is 1.86 bits per heavy atom. The molecule has 5 rings (SSSR count). The van der Waals surface area contributed by atoms with E-state index in [1.54, 1.807) is 12.1 Å². The molecule has 0 saturated heterocycles.